The van der Waals surface area contributed by atoms with Crippen molar-refractivity contribution in [1.29, 1.82) is 0 Å². The molecule has 0 N–H and O–H groups in total. The molecule has 0 heterocycles. The zero-order valence-corrected chi connectivity index (χ0v) is 2.45. The maximum atomic E-state index is 0. The van der Waals surface area contributed by atoms with Gasteiger partial charge < -0.3 is 0 Å². The first kappa shape index (κ1) is 5540. The molecule has 0 amide bonds. The summed E-state index contributed by atoms with van der Waals surface area (Å²) in [5.41, 5.74) is 0. The second kappa shape index (κ2) is 3230. The third-order valence-corrected chi connectivity index (χ3v) is 0. The molecule has 0 bridgehead atoms. The van der Waals surface area contributed by atoms with E-state index in [-0.39, 0.29) is 39.2 Å². The van der Waals surface area contributed by atoms with Gasteiger partial charge in [0.05, 0.1) is 0 Å². The molecule has 0 aliphatic heterocycles. The molecule has 7 heteroatoms. The van der Waals surface area contributed by atoms with Crippen molar-refractivity contribution in [2.45, 2.75) is 0 Å². The predicted molar refractivity (Wildman–Crippen MR) is 26.4 cm³/mol. The highest BCUT2D eigenvalue weighted by Gasteiger charge is -0.0148. The number of hydrogen-bond donors (Lipinski definition) is 0. The first-order valence-corrected chi connectivity index (χ1v) is 0. The van der Waals surface area contributed by atoms with Gasteiger partial charge in [-0.25, -0.2) is 0 Å². The van der Waals surface area contributed by atoms with Crippen LogP contribution in [0.15, 0.2) is 0 Å². The maximum Gasteiger partial charge on any atom is -0.0149 e. The van der Waals surface area contributed by atoms with Crippen LogP contribution in [-0.2, 0) is 0 Å². The SMILES string of the molecule is F.F.F.F.F.F.[SiH4]. The van der Waals surface area contributed by atoms with Gasteiger partial charge in [0.2, 0.25) is 0 Å². The van der Waals surface area contributed by atoms with Crippen LogP contribution in [0.25, 0.3) is 0 Å². The van der Waals surface area contributed by atoms with E-state index >= 15 is 0 Å². The lowest BCUT2D eigenvalue weighted by Gasteiger charge is -0.270. The van der Waals surface area contributed by atoms with Crippen molar-refractivity contribution in [2.75, 3.05) is 0 Å². The third-order valence-electron chi connectivity index (χ3n) is 0. The topological polar surface area (TPSA) is 0 Å². The van der Waals surface area contributed by atoms with Crippen LogP contribution in [0, 0.1) is 0 Å². The molecule has 0 aromatic heterocycles. The molecule has 0 aliphatic carbocycles. The van der Waals surface area contributed by atoms with Crippen molar-refractivity contribution in [2.24, 2.45) is 0 Å². The van der Waals surface area contributed by atoms with E-state index in [2.05, 4.69) is 0 Å². The van der Waals surface area contributed by atoms with Gasteiger partial charge >= 0.3 is 0 Å². The first-order valence-electron chi connectivity index (χ1n) is 0. The lowest BCUT2D eigenvalue weighted by molar-refractivity contribution is 1.11. The Morgan fingerprint density at radius 1 is 0.286 bits per heavy atom. The van der Waals surface area contributed by atoms with Crippen molar-refractivity contribution >= 4 is 11.0 Å². The van der Waals surface area contributed by atoms with Gasteiger partial charge in [0, 0.05) is 0 Å². The number of rotatable bonds is 0. The second-order valence-corrected chi connectivity index (χ2v) is 0. The number of hydrogen-bond acceptors (Lipinski definition) is 0. The Labute approximate surface area is 40.5 Å². The summed E-state index contributed by atoms with van der Waals surface area (Å²) in [7, 11) is 0. The molecule has 0 aromatic carbocycles. The molecule has 0 saturated carbocycles. The van der Waals surface area contributed by atoms with E-state index in [1.807, 2.05) is 0 Å². The van der Waals surface area contributed by atoms with E-state index in [0.29, 0.717) is 0 Å². The minimum atomic E-state index is 0. The van der Waals surface area contributed by atoms with E-state index in [1.165, 1.54) is 0 Å². The summed E-state index contributed by atoms with van der Waals surface area (Å²) in [5, 5.41) is 0. The molecule has 0 rings (SSSR count). The average Bonchev–Trinajstić information content (AvgIpc) is 0. The predicted octanol–water partition coefficient (Wildman–Crippen LogP) is -0.537. The molecule has 0 fully saturated rings. The Morgan fingerprint density at radius 3 is 0.286 bits per heavy atom. The van der Waals surface area contributed by atoms with Gasteiger partial charge in [-0.1, -0.05) is 0 Å². The lowest BCUT2D eigenvalue weighted by Crippen LogP contribution is -0.381. The fourth-order valence-corrected chi connectivity index (χ4v) is 0. The normalized spacial score (nSPS) is 0. The molecule has 7 heavy (non-hydrogen) atoms. The monoisotopic (exact) mass is 152 g/mol. The van der Waals surface area contributed by atoms with E-state index in [4.69, 9.17) is 0 Å². The van der Waals surface area contributed by atoms with E-state index in [9.17, 15) is 0 Å². The van der Waals surface area contributed by atoms with Gasteiger partial charge in [-0.05, 0) is 11.0 Å². The van der Waals surface area contributed by atoms with Crippen LogP contribution < -0.4 is 0 Å². The van der Waals surface area contributed by atoms with Crippen LogP contribution in [0.4, 0.5) is 28.2 Å². The Morgan fingerprint density at radius 2 is 0.286 bits per heavy atom. The van der Waals surface area contributed by atoms with E-state index < -0.39 is 0 Å². The Balaban J connectivity index is 0. The molecule has 0 spiro atoms. The lowest BCUT2D eigenvalue weighted by atomic mass is 19.0. The summed E-state index contributed by atoms with van der Waals surface area (Å²) in [6.45, 7) is 0. The Hall–Kier alpha value is -0.203. The zero-order chi connectivity index (χ0) is 0. The molecule has 0 radical (unpaired) electrons. The van der Waals surface area contributed by atoms with Gasteiger partial charge in [0.1, 0.15) is 0 Å². The van der Waals surface area contributed by atoms with Crippen molar-refractivity contribution in [3.05, 3.63) is 0 Å². The molecule has 0 aromatic rings. The quantitative estimate of drug-likeness (QED) is 0.323. The van der Waals surface area contributed by atoms with Crippen LogP contribution in [0.5, 0.6) is 0 Å². The Bertz CT molecular complexity index is 4.14. The van der Waals surface area contributed by atoms with Crippen molar-refractivity contribution in [3.8, 4) is 0 Å². The fourth-order valence-electron chi connectivity index (χ4n) is 0. The molecular formula is H10F6Si. The molecule has 0 atom stereocenters. The maximum absolute atomic E-state index is 0. The molecule has 56 valence electrons. The Kier molecular flexibility index (Phi) is 2560000. The summed E-state index contributed by atoms with van der Waals surface area (Å²) in [4.78, 5) is 0. The van der Waals surface area contributed by atoms with Crippen LogP contribution in [0.1, 0.15) is 0 Å². The van der Waals surface area contributed by atoms with E-state index in [1.54, 1.807) is 0 Å². The van der Waals surface area contributed by atoms with Gasteiger partial charge in [0.25, 0.3) is 0 Å². The summed E-state index contributed by atoms with van der Waals surface area (Å²) in [5.74, 6) is 0. The number of halogens is 6. The van der Waals surface area contributed by atoms with Crippen molar-refractivity contribution in [1.82, 2.24) is 0 Å². The standard InChI is InChI=1S/6FH.H4Si/h6*1H;1H4. The van der Waals surface area contributed by atoms with Crippen molar-refractivity contribution < 1.29 is 28.2 Å². The summed E-state index contributed by atoms with van der Waals surface area (Å²) in [6.07, 6.45) is 0. The highest BCUT2D eigenvalue weighted by Crippen LogP contribution is 0.425. The molecule has 0 nitrogen and oxygen atoms in total. The summed E-state index contributed by atoms with van der Waals surface area (Å²) >= 11 is 0. The van der Waals surface area contributed by atoms with Crippen LogP contribution in [0.3, 0.4) is 0 Å². The minimum absolute atomic E-state index is 0. The second-order valence-electron chi connectivity index (χ2n) is 0. The van der Waals surface area contributed by atoms with E-state index in [0.717, 1.165) is 0 Å². The molecular weight excluding hydrogens is 142 g/mol. The minimum Gasteiger partial charge on any atom is -0.269 e. The fraction of sp³-hybridized carbons (Fsp3) is 0. The molecule has 0 aliphatic rings. The van der Waals surface area contributed by atoms with Crippen molar-refractivity contribution in [3.63, 3.8) is 0 Å². The summed E-state index contributed by atoms with van der Waals surface area (Å²) in [6, 6.07) is 0. The van der Waals surface area contributed by atoms with Gasteiger partial charge in [-0.3, -0.25) is 28.2 Å². The molecule has 0 unspecified atom stereocenters. The van der Waals surface area contributed by atoms with Gasteiger partial charge in [-0.2, -0.15) is 0 Å². The zero-order valence-electron chi connectivity index (χ0n) is 2.45. The third kappa shape index (κ3) is 2030. The van der Waals surface area contributed by atoms with Gasteiger partial charge in [-0.15, -0.1) is 0 Å². The van der Waals surface area contributed by atoms with Crippen LogP contribution >= 0.6 is 0 Å². The smallest absolute Gasteiger partial charge is 0.0149 e. The highest BCUT2D eigenvalue weighted by molar-refractivity contribution is 5.75. The summed E-state index contributed by atoms with van der Waals surface area (Å²) < 4.78 is 0. The van der Waals surface area contributed by atoms with Crippen LogP contribution in [-0.4, -0.2) is 11.0 Å². The van der Waals surface area contributed by atoms with Gasteiger partial charge in [0.15, 0.2) is 0 Å². The van der Waals surface area contributed by atoms with Crippen LogP contribution in [0.2, 0.25) is 0 Å². The highest BCUT2D eigenvalue weighted by atomic mass is 28.1. The first-order chi connectivity index (χ1) is 0. The average molecular weight is 152 g/mol. The largest absolute Gasteiger partial charge is 0.269 e. The molecule has 0 saturated heterocycles.